The van der Waals surface area contributed by atoms with Crippen molar-refractivity contribution in [2.75, 3.05) is 0 Å². The third-order valence-corrected chi connectivity index (χ3v) is 2.31. The van der Waals surface area contributed by atoms with Gasteiger partial charge in [-0.3, -0.25) is 4.98 Å². The van der Waals surface area contributed by atoms with Crippen molar-refractivity contribution in [2.45, 2.75) is 0 Å². The Morgan fingerprint density at radius 1 is 1.43 bits per heavy atom. The highest BCUT2D eigenvalue weighted by Crippen LogP contribution is 2.26. The monoisotopic (exact) mass is 206 g/mol. The van der Waals surface area contributed by atoms with Crippen LogP contribution in [0.15, 0.2) is 24.4 Å². The SMILES string of the molecule is N#Cc1cnc2c(F)cccc2c1Cl. The maximum Gasteiger partial charge on any atom is 0.149 e. The summed E-state index contributed by atoms with van der Waals surface area (Å²) in [6, 6.07) is 6.36. The van der Waals surface area contributed by atoms with Crippen molar-refractivity contribution in [1.82, 2.24) is 4.98 Å². The zero-order valence-corrected chi connectivity index (χ0v) is 7.72. The Morgan fingerprint density at radius 3 is 2.93 bits per heavy atom. The van der Waals surface area contributed by atoms with Crippen LogP contribution < -0.4 is 0 Å². The standard InChI is InChI=1S/C10H4ClFN2/c11-9-6(4-13)5-14-10-7(9)2-1-3-8(10)12/h1-3,5H. The lowest BCUT2D eigenvalue weighted by Gasteiger charge is -2.01. The van der Waals surface area contributed by atoms with Gasteiger partial charge in [-0.15, -0.1) is 0 Å². The van der Waals surface area contributed by atoms with E-state index in [9.17, 15) is 4.39 Å². The minimum absolute atomic E-state index is 0.191. The maximum absolute atomic E-state index is 13.2. The molecule has 0 aliphatic carbocycles. The van der Waals surface area contributed by atoms with Crippen LogP contribution in [0, 0.1) is 17.1 Å². The fraction of sp³-hybridized carbons (Fsp3) is 0. The van der Waals surface area contributed by atoms with Gasteiger partial charge < -0.3 is 0 Å². The van der Waals surface area contributed by atoms with Crippen LogP contribution in [0.2, 0.25) is 5.02 Å². The first-order chi connectivity index (χ1) is 6.74. The number of fused-ring (bicyclic) bond motifs is 1. The summed E-state index contributed by atoms with van der Waals surface area (Å²) in [5.74, 6) is -0.436. The van der Waals surface area contributed by atoms with Gasteiger partial charge in [-0.1, -0.05) is 23.7 Å². The minimum Gasteiger partial charge on any atom is -0.252 e. The van der Waals surface area contributed by atoms with Crippen LogP contribution in [0.1, 0.15) is 5.56 Å². The van der Waals surface area contributed by atoms with Crippen LogP contribution in [0.4, 0.5) is 4.39 Å². The van der Waals surface area contributed by atoms with Gasteiger partial charge in [0.05, 0.1) is 10.6 Å². The largest absolute Gasteiger partial charge is 0.252 e. The summed E-state index contributed by atoms with van der Waals surface area (Å²) < 4.78 is 13.2. The first kappa shape index (κ1) is 8.92. The molecule has 2 nitrogen and oxygen atoms in total. The van der Waals surface area contributed by atoms with Gasteiger partial charge in [0, 0.05) is 11.6 Å². The zero-order valence-electron chi connectivity index (χ0n) is 6.96. The highest BCUT2D eigenvalue weighted by Gasteiger charge is 2.08. The number of hydrogen-bond donors (Lipinski definition) is 0. The van der Waals surface area contributed by atoms with Gasteiger partial charge in [0.25, 0.3) is 0 Å². The summed E-state index contributed by atoms with van der Waals surface area (Å²) in [6.45, 7) is 0. The van der Waals surface area contributed by atoms with Crippen molar-refractivity contribution in [2.24, 2.45) is 0 Å². The predicted octanol–water partition coefficient (Wildman–Crippen LogP) is 2.90. The lowest BCUT2D eigenvalue weighted by atomic mass is 10.1. The van der Waals surface area contributed by atoms with Crippen LogP contribution in [-0.4, -0.2) is 4.98 Å². The highest BCUT2D eigenvalue weighted by atomic mass is 35.5. The van der Waals surface area contributed by atoms with Crippen molar-refractivity contribution in [3.8, 4) is 6.07 Å². The fourth-order valence-corrected chi connectivity index (χ4v) is 1.48. The van der Waals surface area contributed by atoms with Crippen LogP contribution in [0.3, 0.4) is 0 Å². The van der Waals surface area contributed by atoms with Gasteiger partial charge >= 0.3 is 0 Å². The van der Waals surface area contributed by atoms with E-state index in [2.05, 4.69) is 4.98 Å². The normalized spacial score (nSPS) is 10.1. The van der Waals surface area contributed by atoms with E-state index in [0.29, 0.717) is 5.39 Å². The van der Waals surface area contributed by atoms with E-state index >= 15 is 0 Å². The van der Waals surface area contributed by atoms with E-state index in [1.165, 1.54) is 18.3 Å². The van der Waals surface area contributed by atoms with Gasteiger partial charge in [0.1, 0.15) is 17.4 Å². The molecule has 0 atom stereocenters. The molecular formula is C10H4ClFN2. The summed E-state index contributed by atoms with van der Waals surface area (Å²) in [4.78, 5) is 3.83. The molecule has 0 saturated heterocycles. The number of para-hydroxylation sites is 1. The molecule has 0 fully saturated rings. The lowest BCUT2D eigenvalue weighted by molar-refractivity contribution is 0.637. The fourth-order valence-electron chi connectivity index (χ4n) is 1.23. The number of halogens is 2. The Kier molecular flexibility index (Phi) is 2.06. The molecule has 0 spiro atoms. The number of benzene rings is 1. The summed E-state index contributed by atoms with van der Waals surface area (Å²) in [5, 5.41) is 9.39. The Hall–Kier alpha value is -1.66. The summed E-state index contributed by atoms with van der Waals surface area (Å²) in [6.07, 6.45) is 1.27. The molecule has 4 heteroatoms. The number of nitriles is 1. The molecule has 1 aromatic heterocycles. The first-order valence-corrected chi connectivity index (χ1v) is 4.24. The minimum atomic E-state index is -0.436. The van der Waals surface area contributed by atoms with Gasteiger partial charge in [-0.05, 0) is 6.07 Å². The molecule has 1 aromatic carbocycles. The third-order valence-electron chi connectivity index (χ3n) is 1.90. The molecule has 0 amide bonds. The summed E-state index contributed by atoms with van der Waals surface area (Å²) in [5.41, 5.74) is 0.446. The number of nitrogens with zero attached hydrogens (tertiary/aromatic N) is 2. The molecule has 0 aliphatic heterocycles. The van der Waals surface area contributed by atoms with E-state index in [-0.39, 0.29) is 16.1 Å². The van der Waals surface area contributed by atoms with E-state index in [4.69, 9.17) is 16.9 Å². The van der Waals surface area contributed by atoms with Gasteiger partial charge in [-0.2, -0.15) is 5.26 Å². The molecule has 0 saturated carbocycles. The van der Waals surface area contributed by atoms with Gasteiger partial charge in [0.15, 0.2) is 0 Å². The van der Waals surface area contributed by atoms with E-state index < -0.39 is 5.82 Å². The molecule has 0 N–H and O–H groups in total. The average Bonchev–Trinajstić information content (AvgIpc) is 2.20. The van der Waals surface area contributed by atoms with E-state index in [0.717, 1.165) is 0 Å². The first-order valence-electron chi connectivity index (χ1n) is 3.87. The van der Waals surface area contributed by atoms with Gasteiger partial charge in [-0.25, -0.2) is 4.39 Å². The maximum atomic E-state index is 13.2. The second kappa shape index (κ2) is 3.24. The van der Waals surface area contributed by atoms with Crippen molar-refractivity contribution in [3.63, 3.8) is 0 Å². The second-order valence-electron chi connectivity index (χ2n) is 2.73. The Morgan fingerprint density at radius 2 is 2.21 bits per heavy atom. The summed E-state index contributed by atoms with van der Waals surface area (Å²) >= 11 is 5.88. The van der Waals surface area contributed by atoms with E-state index in [1.807, 2.05) is 6.07 Å². The summed E-state index contributed by atoms with van der Waals surface area (Å²) in [7, 11) is 0. The molecular weight excluding hydrogens is 203 g/mol. The molecule has 0 bridgehead atoms. The molecule has 2 aromatic rings. The van der Waals surface area contributed by atoms with E-state index in [1.54, 1.807) is 6.07 Å². The van der Waals surface area contributed by atoms with Crippen molar-refractivity contribution >= 4 is 22.5 Å². The molecule has 0 radical (unpaired) electrons. The molecule has 68 valence electrons. The van der Waals surface area contributed by atoms with Gasteiger partial charge in [0.2, 0.25) is 0 Å². The smallest absolute Gasteiger partial charge is 0.149 e. The second-order valence-corrected chi connectivity index (χ2v) is 3.11. The van der Waals surface area contributed by atoms with Crippen LogP contribution in [0.25, 0.3) is 10.9 Å². The average molecular weight is 207 g/mol. The molecule has 2 rings (SSSR count). The molecule has 1 heterocycles. The quantitative estimate of drug-likeness (QED) is 0.665. The molecule has 0 unspecified atom stereocenters. The molecule has 0 aliphatic rings. The Balaban J connectivity index is 2.92. The lowest BCUT2D eigenvalue weighted by Crippen LogP contribution is -1.87. The number of aromatic nitrogens is 1. The Bertz CT molecular complexity index is 546. The third kappa shape index (κ3) is 1.21. The predicted molar refractivity (Wildman–Crippen MR) is 51.4 cm³/mol. The van der Waals surface area contributed by atoms with Crippen molar-refractivity contribution in [3.05, 3.63) is 40.8 Å². The van der Waals surface area contributed by atoms with Crippen LogP contribution in [-0.2, 0) is 0 Å². The highest BCUT2D eigenvalue weighted by molar-refractivity contribution is 6.36. The number of pyridine rings is 1. The van der Waals surface area contributed by atoms with Crippen molar-refractivity contribution in [1.29, 1.82) is 5.26 Å². The number of rotatable bonds is 0. The van der Waals surface area contributed by atoms with Crippen LogP contribution in [0.5, 0.6) is 0 Å². The Labute approximate surface area is 84.6 Å². The van der Waals surface area contributed by atoms with Crippen molar-refractivity contribution < 1.29 is 4.39 Å². The molecule has 14 heavy (non-hydrogen) atoms. The zero-order chi connectivity index (χ0) is 10.1. The van der Waals surface area contributed by atoms with Crippen LogP contribution >= 0.6 is 11.6 Å². The topological polar surface area (TPSA) is 36.7 Å². The number of hydrogen-bond acceptors (Lipinski definition) is 2.